The van der Waals surface area contributed by atoms with Crippen LogP contribution in [0, 0.1) is 0 Å². The number of carbonyl (C=O) groups is 1. The highest BCUT2D eigenvalue weighted by Crippen LogP contribution is 2.24. The molecule has 7 heteroatoms. The lowest BCUT2D eigenvalue weighted by atomic mass is 9.92. The second-order valence-electron chi connectivity index (χ2n) is 5.28. The summed E-state index contributed by atoms with van der Waals surface area (Å²) in [7, 11) is -1.97. The predicted octanol–water partition coefficient (Wildman–Crippen LogP) is 1.35. The highest BCUT2D eigenvalue weighted by Gasteiger charge is 2.28. The number of hydrogen-bond donors (Lipinski definition) is 2. The van der Waals surface area contributed by atoms with Crippen LogP contribution in [0.4, 0.5) is 0 Å². The van der Waals surface area contributed by atoms with Crippen LogP contribution >= 0.6 is 0 Å². The van der Waals surface area contributed by atoms with Crippen molar-refractivity contribution in [3.8, 4) is 5.75 Å². The van der Waals surface area contributed by atoms with Gasteiger partial charge in [0.2, 0.25) is 0 Å². The van der Waals surface area contributed by atoms with Crippen LogP contribution in [0.25, 0.3) is 0 Å². The number of methoxy groups -OCH3 is 1. The van der Waals surface area contributed by atoms with Gasteiger partial charge in [0.15, 0.2) is 9.84 Å². The molecule has 0 bridgehead atoms. The molecule has 0 radical (unpaired) electrons. The molecule has 0 unspecified atom stereocenters. The van der Waals surface area contributed by atoms with Crippen molar-refractivity contribution >= 4 is 15.7 Å². The van der Waals surface area contributed by atoms with Gasteiger partial charge in [0, 0.05) is 12.8 Å². The van der Waals surface area contributed by atoms with Gasteiger partial charge in [-0.2, -0.15) is 0 Å². The van der Waals surface area contributed by atoms with Gasteiger partial charge in [-0.3, -0.25) is 4.79 Å². The third-order valence-corrected chi connectivity index (χ3v) is 5.08. The zero-order chi connectivity index (χ0) is 17.0. The van der Waals surface area contributed by atoms with E-state index in [0.717, 1.165) is 6.26 Å². The van der Waals surface area contributed by atoms with Crippen LogP contribution in [-0.2, 0) is 9.84 Å². The number of hydrogen-bond acceptors (Lipinski definition) is 5. The third-order valence-electron chi connectivity index (χ3n) is 3.97. The van der Waals surface area contributed by atoms with E-state index in [9.17, 15) is 13.2 Å². The molecule has 0 aromatic heterocycles. The lowest BCUT2D eigenvalue weighted by Gasteiger charge is -2.31. The summed E-state index contributed by atoms with van der Waals surface area (Å²) in [5.74, 6) is -0.0699. The average Bonchev–Trinajstić information content (AvgIpc) is 2.51. The number of amides is 1. The van der Waals surface area contributed by atoms with Crippen LogP contribution in [-0.4, -0.2) is 39.8 Å². The molecule has 6 nitrogen and oxygen atoms in total. The number of benzene rings is 1. The fraction of sp³-hybridized carbons (Fsp3) is 0.533. The van der Waals surface area contributed by atoms with Gasteiger partial charge in [0.05, 0.1) is 23.1 Å². The first kappa shape index (κ1) is 18.4. The minimum Gasteiger partial charge on any atom is -0.496 e. The van der Waals surface area contributed by atoms with Crippen molar-refractivity contribution in [3.63, 3.8) is 0 Å². The van der Waals surface area contributed by atoms with E-state index >= 15 is 0 Å². The number of rotatable bonds is 7. The monoisotopic (exact) mass is 328 g/mol. The summed E-state index contributed by atoms with van der Waals surface area (Å²) >= 11 is 0. The molecule has 124 valence electrons. The smallest absolute Gasteiger partial charge is 0.255 e. The van der Waals surface area contributed by atoms with Crippen LogP contribution in [0.1, 0.15) is 37.0 Å². The quantitative estimate of drug-likeness (QED) is 0.787. The van der Waals surface area contributed by atoms with Gasteiger partial charge in [0.1, 0.15) is 5.75 Å². The Kier molecular flexibility index (Phi) is 5.96. The van der Waals surface area contributed by atoms with Gasteiger partial charge in [-0.15, -0.1) is 0 Å². The molecule has 0 aliphatic carbocycles. The van der Waals surface area contributed by atoms with E-state index < -0.39 is 21.3 Å². The maximum atomic E-state index is 12.6. The maximum absolute atomic E-state index is 12.6. The van der Waals surface area contributed by atoms with Crippen molar-refractivity contribution < 1.29 is 17.9 Å². The normalized spacial score (nSPS) is 12.0. The molecule has 0 saturated carbocycles. The summed E-state index contributed by atoms with van der Waals surface area (Å²) in [6, 6.07) is 4.23. The van der Waals surface area contributed by atoms with Gasteiger partial charge in [-0.1, -0.05) is 13.8 Å². The van der Waals surface area contributed by atoms with Gasteiger partial charge in [-0.05, 0) is 31.0 Å². The third kappa shape index (κ3) is 3.98. The zero-order valence-electron chi connectivity index (χ0n) is 13.5. The summed E-state index contributed by atoms with van der Waals surface area (Å²) in [6.07, 6.45) is 2.46. The first-order valence-electron chi connectivity index (χ1n) is 7.13. The van der Waals surface area contributed by atoms with Gasteiger partial charge in [0.25, 0.3) is 5.91 Å². The van der Waals surface area contributed by atoms with E-state index in [2.05, 4.69) is 5.32 Å². The molecule has 0 heterocycles. The summed E-state index contributed by atoms with van der Waals surface area (Å²) in [6.45, 7) is 4.20. The minimum atomic E-state index is -3.40. The summed E-state index contributed by atoms with van der Waals surface area (Å²) in [5.41, 5.74) is 5.46. The van der Waals surface area contributed by atoms with Gasteiger partial charge >= 0.3 is 0 Å². The van der Waals surface area contributed by atoms with Crippen LogP contribution in [0.15, 0.2) is 23.1 Å². The average molecular weight is 328 g/mol. The van der Waals surface area contributed by atoms with Gasteiger partial charge < -0.3 is 15.8 Å². The molecule has 1 aromatic rings. The molecule has 0 saturated heterocycles. The first-order valence-corrected chi connectivity index (χ1v) is 9.02. The highest BCUT2D eigenvalue weighted by atomic mass is 32.2. The van der Waals surface area contributed by atoms with E-state index in [4.69, 9.17) is 10.5 Å². The van der Waals surface area contributed by atoms with E-state index in [0.29, 0.717) is 25.1 Å². The molecule has 1 amide bonds. The number of nitrogens with one attached hydrogen (secondary N) is 1. The molecular formula is C15H24N2O4S. The van der Waals surface area contributed by atoms with Crippen molar-refractivity contribution in [2.45, 2.75) is 37.1 Å². The number of sulfone groups is 1. The fourth-order valence-corrected chi connectivity index (χ4v) is 2.82. The minimum absolute atomic E-state index is 0.0739. The van der Waals surface area contributed by atoms with E-state index in [1.807, 2.05) is 13.8 Å². The summed E-state index contributed by atoms with van der Waals surface area (Å²) in [5, 5.41) is 2.91. The first-order chi connectivity index (χ1) is 10.2. The molecule has 0 atom stereocenters. The SMILES string of the molecule is CCC(CC)(CN)NC(=O)c1cc(S(C)(=O)=O)ccc1OC. The Hall–Kier alpha value is -1.60. The van der Waals surface area contributed by atoms with Crippen LogP contribution in [0.3, 0.4) is 0 Å². The molecule has 1 rings (SSSR count). The van der Waals surface area contributed by atoms with Crippen LogP contribution in [0.2, 0.25) is 0 Å². The molecular weight excluding hydrogens is 304 g/mol. The number of carbonyl (C=O) groups excluding carboxylic acids is 1. The second kappa shape index (κ2) is 7.11. The highest BCUT2D eigenvalue weighted by molar-refractivity contribution is 7.90. The van der Waals surface area contributed by atoms with Crippen LogP contribution in [0.5, 0.6) is 5.75 Å². The number of ether oxygens (including phenoxy) is 1. The van der Waals surface area contributed by atoms with E-state index in [-0.39, 0.29) is 10.5 Å². The molecule has 3 N–H and O–H groups in total. The number of nitrogens with two attached hydrogens (primary N) is 1. The van der Waals surface area contributed by atoms with Crippen molar-refractivity contribution in [2.24, 2.45) is 5.73 Å². The lowest BCUT2D eigenvalue weighted by Crippen LogP contribution is -2.52. The Morgan fingerprint density at radius 3 is 2.32 bits per heavy atom. The Morgan fingerprint density at radius 1 is 1.32 bits per heavy atom. The topological polar surface area (TPSA) is 98.5 Å². The Bertz CT molecular complexity index is 629. The fourth-order valence-electron chi connectivity index (χ4n) is 2.17. The van der Waals surface area contributed by atoms with Crippen molar-refractivity contribution in [1.82, 2.24) is 5.32 Å². The summed E-state index contributed by atoms with van der Waals surface area (Å²) in [4.78, 5) is 12.6. The van der Waals surface area contributed by atoms with Crippen LogP contribution < -0.4 is 15.8 Å². The predicted molar refractivity (Wildman–Crippen MR) is 85.9 cm³/mol. The molecule has 0 fully saturated rings. The van der Waals surface area contributed by atoms with Crippen molar-refractivity contribution in [3.05, 3.63) is 23.8 Å². The largest absolute Gasteiger partial charge is 0.496 e. The Morgan fingerprint density at radius 2 is 1.91 bits per heavy atom. The zero-order valence-corrected chi connectivity index (χ0v) is 14.3. The second-order valence-corrected chi connectivity index (χ2v) is 7.30. The van der Waals surface area contributed by atoms with Crippen molar-refractivity contribution in [1.29, 1.82) is 0 Å². The molecule has 1 aromatic carbocycles. The standard InChI is InChI=1S/C15H24N2O4S/c1-5-15(6-2,10-16)17-14(18)12-9-11(22(4,19)20)7-8-13(12)21-3/h7-9H,5-6,10,16H2,1-4H3,(H,17,18). The van der Waals surface area contributed by atoms with E-state index in [1.54, 1.807) is 0 Å². The van der Waals surface area contributed by atoms with Gasteiger partial charge in [-0.25, -0.2) is 8.42 Å². The Balaban J connectivity index is 3.26. The summed E-state index contributed by atoms with van der Waals surface area (Å²) < 4.78 is 28.5. The van der Waals surface area contributed by atoms with E-state index in [1.165, 1.54) is 25.3 Å². The maximum Gasteiger partial charge on any atom is 0.255 e. The molecule has 0 spiro atoms. The Labute approximate surface area is 132 Å². The van der Waals surface area contributed by atoms with Crippen molar-refractivity contribution in [2.75, 3.05) is 19.9 Å². The molecule has 0 aliphatic heterocycles. The molecule has 0 aliphatic rings. The molecule has 22 heavy (non-hydrogen) atoms. The lowest BCUT2D eigenvalue weighted by molar-refractivity contribution is 0.0892.